The average molecular weight is 370 g/mol. The predicted molar refractivity (Wildman–Crippen MR) is 114 cm³/mol. The summed E-state index contributed by atoms with van der Waals surface area (Å²) in [6.45, 7) is 5.50. The zero-order valence-electron chi connectivity index (χ0n) is 17.5. The first kappa shape index (κ1) is 20.4. The van der Waals surface area contributed by atoms with Crippen LogP contribution in [0.5, 0.6) is 0 Å². The van der Waals surface area contributed by atoms with Gasteiger partial charge in [-0.25, -0.2) is 0 Å². The van der Waals surface area contributed by atoms with Crippen molar-refractivity contribution < 1.29 is 4.79 Å². The summed E-state index contributed by atoms with van der Waals surface area (Å²) in [6, 6.07) is 11.3. The number of hydrogen-bond donors (Lipinski definition) is 0. The Labute approximate surface area is 166 Å². The first-order valence-electron chi connectivity index (χ1n) is 11.5. The Bertz CT molecular complexity index is 563. The monoisotopic (exact) mass is 369 g/mol. The van der Waals surface area contributed by atoms with Gasteiger partial charge in [0.2, 0.25) is 5.91 Å². The Morgan fingerprint density at radius 1 is 1.04 bits per heavy atom. The van der Waals surface area contributed by atoms with E-state index in [0.29, 0.717) is 23.8 Å². The number of carbonyl (C=O) groups is 1. The molecule has 1 aromatic rings. The molecule has 1 saturated heterocycles. The van der Waals surface area contributed by atoms with Gasteiger partial charge in [-0.15, -0.1) is 0 Å². The summed E-state index contributed by atoms with van der Waals surface area (Å²) in [5.41, 5.74) is 1.42. The summed E-state index contributed by atoms with van der Waals surface area (Å²) in [5, 5.41) is 0. The highest BCUT2D eigenvalue weighted by Gasteiger charge is 2.41. The zero-order valence-corrected chi connectivity index (χ0v) is 17.5. The zero-order chi connectivity index (χ0) is 19.1. The van der Waals surface area contributed by atoms with Gasteiger partial charge in [-0.05, 0) is 37.2 Å². The lowest BCUT2D eigenvalue weighted by Gasteiger charge is -2.27. The largest absolute Gasteiger partial charge is 0.339 e. The second-order valence-corrected chi connectivity index (χ2v) is 9.01. The molecule has 0 bridgehead atoms. The summed E-state index contributed by atoms with van der Waals surface area (Å²) < 4.78 is 0. The van der Waals surface area contributed by atoms with Crippen LogP contribution in [0.3, 0.4) is 0 Å². The summed E-state index contributed by atoms with van der Waals surface area (Å²) in [6.07, 6.45) is 13.8. The molecule has 1 amide bonds. The molecule has 3 unspecified atom stereocenters. The van der Waals surface area contributed by atoms with Crippen LogP contribution < -0.4 is 0 Å². The standard InChI is InChI=1S/C25H39NO/c1-3-4-7-16-23-20(2)26(19-24(23)22-14-10-6-11-15-22)25(27)18-17-21-12-8-5-9-13-21/h6,10-11,14-15,20-21,23-24H,3-5,7-9,12-13,16-19H2,1-2H3. The maximum atomic E-state index is 13.1. The third kappa shape index (κ3) is 5.36. The minimum Gasteiger partial charge on any atom is -0.339 e. The fraction of sp³-hybridized carbons (Fsp3) is 0.720. The number of amides is 1. The molecule has 2 heteroatoms. The molecule has 3 rings (SSSR count). The van der Waals surface area contributed by atoms with E-state index in [1.165, 1.54) is 63.4 Å². The molecular formula is C25H39NO. The van der Waals surface area contributed by atoms with Crippen molar-refractivity contribution in [1.29, 1.82) is 0 Å². The maximum absolute atomic E-state index is 13.1. The minimum absolute atomic E-state index is 0.380. The van der Waals surface area contributed by atoms with Gasteiger partial charge in [-0.3, -0.25) is 4.79 Å². The van der Waals surface area contributed by atoms with Crippen molar-refractivity contribution in [2.24, 2.45) is 11.8 Å². The van der Waals surface area contributed by atoms with Crippen molar-refractivity contribution in [1.82, 2.24) is 4.90 Å². The van der Waals surface area contributed by atoms with Crippen LogP contribution in [-0.4, -0.2) is 23.4 Å². The number of unbranched alkanes of at least 4 members (excludes halogenated alkanes) is 2. The number of rotatable bonds is 8. The lowest BCUT2D eigenvalue weighted by Crippen LogP contribution is -2.36. The van der Waals surface area contributed by atoms with Crippen LogP contribution in [-0.2, 0) is 4.79 Å². The molecule has 150 valence electrons. The highest BCUT2D eigenvalue weighted by atomic mass is 16.2. The Hall–Kier alpha value is -1.31. The SMILES string of the molecule is CCCCCC1C(c2ccccc2)CN(C(=O)CCC2CCCCC2)C1C. The van der Waals surface area contributed by atoms with Gasteiger partial charge in [-0.2, -0.15) is 0 Å². The summed E-state index contributed by atoms with van der Waals surface area (Å²) >= 11 is 0. The molecule has 2 nitrogen and oxygen atoms in total. The van der Waals surface area contributed by atoms with Crippen LogP contribution in [0.1, 0.15) is 96.0 Å². The van der Waals surface area contributed by atoms with Crippen molar-refractivity contribution in [3.8, 4) is 0 Å². The quantitative estimate of drug-likeness (QED) is 0.475. The van der Waals surface area contributed by atoms with E-state index in [2.05, 4.69) is 49.1 Å². The second-order valence-electron chi connectivity index (χ2n) is 9.01. The Morgan fingerprint density at radius 3 is 2.48 bits per heavy atom. The number of likely N-dealkylation sites (tertiary alicyclic amines) is 1. The van der Waals surface area contributed by atoms with Crippen molar-refractivity contribution in [2.75, 3.05) is 6.54 Å². The van der Waals surface area contributed by atoms with E-state index in [1.54, 1.807) is 0 Å². The molecule has 0 aromatic heterocycles. The predicted octanol–water partition coefficient (Wildman–Crippen LogP) is 6.56. The van der Waals surface area contributed by atoms with Crippen molar-refractivity contribution in [3.63, 3.8) is 0 Å². The van der Waals surface area contributed by atoms with Gasteiger partial charge in [0.15, 0.2) is 0 Å². The Balaban J connectivity index is 1.63. The number of hydrogen-bond acceptors (Lipinski definition) is 1. The van der Waals surface area contributed by atoms with Crippen molar-refractivity contribution in [3.05, 3.63) is 35.9 Å². The topological polar surface area (TPSA) is 20.3 Å². The molecule has 2 fully saturated rings. The second kappa shape index (κ2) is 10.3. The lowest BCUT2D eigenvalue weighted by molar-refractivity contribution is -0.132. The first-order valence-corrected chi connectivity index (χ1v) is 11.5. The van der Waals surface area contributed by atoms with E-state index in [4.69, 9.17) is 0 Å². The molecule has 1 heterocycles. The fourth-order valence-electron chi connectivity index (χ4n) is 5.48. The van der Waals surface area contributed by atoms with Crippen LogP contribution in [0.15, 0.2) is 30.3 Å². The van der Waals surface area contributed by atoms with Crippen LogP contribution in [0.2, 0.25) is 0 Å². The summed E-state index contributed by atoms with van der Waals surface area (Å²) in [7, 11) is 0. The van der Waals surface area contributed by atoms with E-state index in [1.807, 2.05) is 0 Å². The molecule has 0 spiro atoms. The Morgan fingerprint density at radius 2 is 1.78 bits per heavy atom. The number of carbonyl (C=O) groups excluding carboxylic acids is 1. The van der Waals surface area contributed by atoms with E-state index in [-0.39, 0.29) is 0 Å². The fourth-order valence-corrected chi connectivity index (χ4v) is 5.48. The van der Waals surface area contributed by atoms with Crippen LogP contribution in [0, 0.1) is 11.8 Å². The third-order valence-corrected chi connectivity index (χ3v) is 7.20. The number of benzene rings is 1. The van der Waals surface area contributed by atoms with Gasteiger partial charge < -0.3 is 4.90 Å². The van der Waals surface area contributed by atoms with E-state index in [0.717, 1.165) is 25.3 Å². The third-order valence-electron chi connectivity index (χ3n) is 7.20. The first-order chi connectivity index (χ1) is 13.2. The van der Waals surface area contributed by atoms with E-state index in [9.17, 15) is 4.79 Å². The molecule has 0 radical (unpaired) electrons. The van der Waals surface area contributed by atoms with E-state index < -0.39 is 0 Å². The van der Waals surface area contributed by atoms with Crippen LogP contribution >= 0.6 is 0 Å². The average Bonchev–Trinajstić information content (AvgIpc) is 3.04. The van der Waals surface area contributed by atoms with Gasteiger partial charge >= 0.3 is 0 Å². The molecule has 27 heavy (non-hydrogen) atoms. The molecular weight excluding hydrogens is 330 g/mol. The molecule has 0 N–H and O–H groups in total. The van der Waals surface area contributed by atoms with Gasteiger partial charge in [0.05, 0.1) is 0 Å². The van der Waals surface area contributed by atoms with E-state index >= 15 is 0 Å². The molecule has 3 atom stereocenters. The van der Waals surface area contributed by atoms with Crippen LogP contribution in [0.4, 0.5) is 0 Å². The molecule has 2 aliphatic rings. The highest BCUT2D eigenvalue weighted by Crippen LogP contribution is 2.41. The minimum atomic E-state index is 0.380. The number of nitrogens with zero attached hydrogens (tertiary/aromatic N) is 1. The molecule has 1 aliphatic heterocycles. The maximum Gasteiger partial charge on any atom is 0.222 e. The van der Waals surface area contributed by atoms with Gasteiger partial charge in [0, 0.05) is 24.9 Å². The lowest BCUT2D eigenvalue weighted by atomic mass is 9.82. The molecule has 1 aromatic carbocycles. The smallest absolute Gasteiger partial charge is 0.222 e. The van der Waals surface area contributed by atoms with Crippen molar-refractivity contribution >= 4 is 5.91 Å². The normalized spacial score (nSPS) is 26.4. The summed E-state index contributed by atoms with van der Waals surface area (Å²) in [4.78, 5) is 15.3. The van der Waals surface area contributed by atoms with Gasteiger partial charge in [-0.1, -0.05) is 88.6 Å². The van der Waals surface area contributed by atoms with Gasteiger partial charge in [0.1, 0.15) is 0 Å². The highest BCUT2D eigenvalue weighted by molar-refractivity contribution is 5.77. The summed E-state index contributed by atoms with van der Waals surface area (Å²) in [5.74, 6) is 2.33. The molecule has 1 saturated carbocycles. The van der Waals surface area contributed by atoms with Gasteiger partial charge in [0.25, 0.3) is 0 Å². The molecule has 1 aliphatic carbocycles. The van der Waals surface area contributed by atoms with Crippen LogP contribution in [0.25, 0.3) is 0 Å². The Kier molecular flexibility index (Phi) is 7.79. The van der Waals surface area contributed by atoms with Crippen molar-refractivity contribution in [2.45, 2.75) is 96.4 Å².